The van der Waals surface area contributed by atoms with Crippen LogP contribution in [0.3, 0.4) is 0 Å². The number of hydrogen-bond donors (Lipinski definition) is 1. The third-order valence-corrected chi connectivity index (χ3v) is 1.22. The number of methoxy groups -OCH3 is 1. The first-order valence-corrected chi connectivity index (χ1v) is 3.03. The summed E-state index contributed by atoms with van der Waals surface area (Å²) in [5.74, 6) is 0.00477. The average Bonchev–Trinajstić information content (AvgIpc) is 1.85. The van der Waals surface area contributed by atoms with Crippen molar-refractivity contribution in [3.8, 4) is 11.5 Å². The number of ether oxygens (including phenoxy) is 1. The average molecular weight is 156 g/mol. The molecule has 60 valence electrons. The van der Waals surface area contributed by atoms with E-state index < -0.39 is 5.63 Å². The molecule has 4 heteroatoms. The Morgan fingerprint density at radius 1 is 1.64 bits per heavy atom. The van der Waals surface area contributed by atoms with E-state index in [1.807, 2.05) is 0 Å². The van der Waals surface area contributed by atoms with Crippen LogP contribution in [0, 0.1) is 6.92 Å². The molecule has 0 aliphatic heterocycles. The van der Waals surface area contributed by atoms with Gasteiger partial charge in [-0.25, -0.2) is 4.79 Å². The highest BCUT2D eigenvalue weighted by Crippen LogP contribution is 2.20. The Labute approximate surface area is 63.0 Å². The second kappa shape index (κ2) is 2.65. The highest BCUT2D eigenvalue weighted by atomic mass is 16.5. The summed E-state index contributed by atoms with van der Waals surface area (Å²) in [6, 6.07) is 1.32. The van der Waals surface area contributed by atoms with Crippen LogP contribution < -0.4 is 10.4 Å². The summed E-state index contributed by atoms with van der Waals surface area (Å²) in [6.07, 6.45) is 0. The molecule has 11 heavy (non-hydrogen) atoms. The zero-order valence-electron chi connectivity index (χ0n) is 6.25. The van der Waals surface area contributed by atoms with E-state index in [2.05, 4.69) is 9.15 Å². The van der Waals surface area contributed by atoms with Crippen LogP contribution in [0.1, 0.15) is 5.76 Å². The monoisotopic (exact) mass is 156 g/mol. The smallest absolute Gasteiger partial charge is 0.382 e. The van der Waals surface area contributed by atoms with Crippen LogP contribution in [-0.4, -0.2) is 12.2 Å². The van der Waals surface area contributed by atoms with Crippen molar-refractivity contribution in [3.05, 3.63) is 22.2 Å². The van der Waals surface area contributed by atoms with Crippen molar-refractivity contribution in [1.82, 2.24) is 0 Å². The van der Waals surface area contributed by atoms with Gasteiger partial charge in [0.2, 0.25) is 5.75 Å². The standard InChI is InChI=1S/C7H8O4/c1-4-3-5(8)6(10-2)7(9)11-4/h3,8H,1-2H3. The predicted octanol–water partition coefficient (Wildman–Crippen LogP) is 0.662. The van der Waals surface area contributed by atoms with E-state index in [1.165, 1.54) is 13.2 Å². The van der Waals surface area contributed by atoms with Crippen LogP contribution in [0.25, 0.3) is 0 Å². The van der Waals surface area contributed by atoms with E-state index in [0.29, 0.717) is 5.76 Å². The fourth-order valence-electron chi connectivity index (χ4n) is 0.773. The van der Waals surface area contributed by atoms with Crippen LogP contribution >= 0.6 is 0 Å². The molecule has 0 spiro atoms. The van der Waals surface area contributed by atoms with Gasteiger partial charge in [-0.2, -0.15) is 0 Å². The Bertz CT molecular complexity index is 313. The highest BCUT2D eigenvalue weighted by molar-refractivity contribution is 5.35. The molecule has 0 aliphatic carbocycles. The fraction of sp³-hybridized carbons (Fsp3) is 0.286. The van der Waals surface area contributed by atoms with Crippen LogP contribution in [0.15, 0.2) is 15.3 Å². The summed E-state index contributed by atoms with van der Waals surface area (Å²) < 4.78 is 9.21. The number of hydrogen-bond acceptors (Lipinski definition) is 4. The Balaban J connectivity index is 3.37. The van der Waals surface area contributed by atoms with Crippen LogP contribution in [0.2, 0.25) is 0 Å². The van der Waals surface area contributed by atoms with E-state index in [9.17, 15) is 4.79 Å². The van der Waals surface area contributed by atoms with Gasteiger partial charge in [0.1, 0.15) is 5.76 Å². The van der Waals surface area contributed by atoms with Crippen molar-refractivity contribution < 1.29 is 14.3 Å². The minimum atomic E-state index is -0.662. The largest absolute Gasteiger partial charge is 0.504 e. The van der Waals surface area contributed by atoms with Gasteiger partial charge in [-0.05, 0) is 6.92 Å². The maximum Gasteiger partial charge on any atom is 0.382 e. The number of aryl methyl sites for hydroxylation is 1. The minimum absolute atomic E-state index is 0.157. The third kappa shape index (κ3) is 1.34. The molecule has 0 aliphatic rings. The van der Waals surface area contributed by atoms with Gasteiger partial charge in [0.15, 0.2) is 5.75 Å². The van der Waals surface area contributed by atoms with Crippen molar-refractivity contribution in [2.45, 2.75) is 6.92 Å². The van der Waals surface area contributed by atoms with Crippen LogP contribution in [0.4, 0.5) is 0 Å². The number of aromatic hydroxyl groups is 1. The first-order chi connectivity index (χ1) is 5.15. The molecule has 0 saturated heterocycles. The topological polar surface area (TPSA) is 59.7 Å². The molecule has 0 bridgehead atoms. The molecule has 0 fully saturated rings. The molecule has 0 atom stereocenters. The zero-order chi connectivity index (χ0) is 8.43. The van der Waals surface area contributed by atoms with E-state index in [1.54, 1.807) is 6.92 Å². The summed E-state index contributed by atoms with van der Waals surface area (Å²) in [4.78, 5) is 10.8. The third-order valence-electron chi connectivity index (χ3n) is 1.22. The van der Waals surface area contributed by atoms with Gasteiger partial charge in [-0.1, -0.05) is 0 Å². The van der Waals surface area contributed by atoms with Gasteiger partial charge < -0.3 is 14.3 Å². The van der Waals surface area contributed by atoms with E-state index in [0.717, 1.165) is 0 Å². The Hall–Kier alpha value is -1.45. The zero-order valence-corrected chi connectivity index (χ0v) is 6.25. The second-order valence-corrected chi connectivity index (χ2v) is 2.06. The molecule has 4 nitrogen and oxygen atoms in total. The maximum absolute atomic E-state index is 10.8. The SMILES string of the molecule is COc1c(O)cc(C)oc1=O. The van der Waals surface area contributed by atoms with E-state index >= 15 is 0 Å². The second-order valence-electron chi connectivity index (χ2n) is 2.06. The molecule has 1 heterocycles. The van der Waals surface area contributed by atoms with Crippen molar-refractivity contribution in [2.24, 2.45) is 0 Å². The van der Waals surface area contributed by atoms with E-state index in [4.69, 9.17) is 5.11 Å². The van der Waals surface area contributed by atoms with Gasteiger partial charge in [-0.3, -0.25) is 0 Å². The van der Waals surface area contributed by atoms with Gasteiger partial charge >= 0.3 is 5.63 Å². The predicted molar refractivity (Wildman–Crippen MR) is 37.9 cm³/mol. The maximum atomic E-state index is 10.8. The molecular weight excluding hydrogens is 148 g/mol. The molecule has 1 aromatic heterocycles. The summed E-state index contributed by atoms with van der Waals surface area (Å²) in [5, 5.41) is 9.09. The van der Waals surface area contributed by atoms with E-state index in [-0.39, 0.29) is 11.5 Å². The molecule has 1 aromatic rings. The Kier molecular flexibility index (Phi) is 1.85. The van der Waals surface area contributed by atoms with Gasteiger partial charge in [0.25, 0.3) is 0 Å². The molecule has 0 aromatic carbocycles. The lowest BCUT2D eigenvalue weighted by atomic mass is 10.4. The van der Waals surface area contributed by atoms with Gasteiger partial charge in [0.05, 0.1) is 7.11 Å². The first kappa shape index (κ1) is 7.65. The van der Waals surface area contributed by atoms with Crippen molar-refractivity contribution in [2.75, 3.05) is 7.11 Å². The molecule has 0 saturated carbocycles. The summed E-state index contributed by atoms with van der Waals surface area (Å²) in [6.45, 7) is 1.57. The Morgan fingerprint density at radius 3 is 2.73 bits per heavy atom. The summed E-state index contributed by atoms with van der Waals surface area (Å²) in [7, 11) is 1.29. The Morgan fingerprint density at radius 2 is 2.27 bits per heavy atom. The molecule has 0 unspecified atom stereocenters. The minimum Gasteiger partial charge on any atom is -0.504 e. The molecular formula is C7H8O4. The lowest BCUT2D eigenvalue weighted by molar-refractivity contribution is 0.335. The lowest BCUT2D eigenvalue weighted by Gasteiger charge is -2.00. The normalized spacial score (nSPS) is 9.64. The van der Waals surface area contributed by atoms with Crippen LogP contribution in [-0.2, 0) is 0 Å². The fourth-order valence-corrected chi connectivity index (χ4v) is 0.773. The van der Waals surface area contributed by atoms with Crippen molar-refractivity contribution >= 4 is 0 Å². The highest BCUT2D eigenvalue weighted by Gasteiger charge is 2.08. The molecule has 1 N–H and O–H groups in total. The quantitative estimate of drug-likeness (QED) is 0.648. The summed E-state index contributed by atoms with van der Waals surface area (Å²) >= 11 is 0. The van der Waals surface area contributed by atoms with Crippen molar-refractivity contribution in [3.63, 3.8) is 0 Å². The van der Waals surface area contributed by atoms with Gasteiger partial charge in [-0.15, -0.1) is 0 Å². The van der Waals surface area contributed by atoms with Crippen molar-refractivity contribution in [1.29, 1.82) is 0 Å². The first-order valence-electron chi connectivity index (χ1n) is 3.03. The molecule has 0 amide bonds. The van der Waals surface area contributed by atoms with Crippen LogP contribution in [0.5, 0.6) is 11.5 Å². The van der Waals surface area contributed by atoms with Gasteiger partial charge in [0, 0.05) is 6.07 Å². The lowest BCUT2D eigenvalue weighted by Crippen LogP contribution is -2.03. The summed E-state index contributed by atoms with van der Waals surface area (Å²) in [5.41, 5.74) is -0.662. The molecule has 1 rings (SSSR count). The number of rotatable bonds is 1. The molecule has 0 radical (unpaired) electrons.